The van der Waals surface area contributed by atoms with Gasteiger partial charge in [0.2, 0.25) is 5.60 Å². The zero-order valence-corrected chi connectivity index (χ0v) is 22.0. The molecule has 5 rings (SSSR count). The van der Waals surface area contributed by atoms with E-state index < -0.39 is 71.1 Å². The molecule has 2 aromatic carbocycles. The van der Waals surface area contributed by atoms with Crippen molar-refractivity contribution in [2.24, 2.45) is 5.73 Å². The zero-order valence-electron chi connectivity index (χ0n) is 22.0. The van der Waals surface area contributed by atoms with Crippen molar-refractivity contribution in [1.82, 2.24) is 15.3 Å². The Morgan fingerprint density at radius 3 is 2.44 bits per heavy atom. The van der Waals surface area contributed by atoms with Crippen molar-refractivity contribution in [3.05, 3.63) is 83.4 Å². The highest BCUT2D eigenvalue weighted by atomic mass is 19.4. The van der Waals surface area contributed by atoms with Gasteiger partial charge in [-0.3, -0.25) is 9.78 Å². The molecule has 8 nitrogen and oxygen atoms in total. The zero-order chi connectivity index (χ0) is 31.4. The lowest BCUT2D eigenvalue weighted by molar-refractivity contribution is -0.265. The molecule has 226 valence electrons. The average Bonchev–Trinajstić information content (AvgIpc) is 3.32. The summed E-state index contributed by atoms with van der Waals surface area (Å²) < 4.78 is 110. The topological polar surface area (TPSA) is 120 Å². The third-order valence-corrected chi connectivity index (χ3v) is 7.07. The second-order valence-corrected chi connectivity index (χ2v) is 9.79. The van der Waals surface area contributed by atoms with Crippen molar-refractivity contribution in [2.75, 3.05) is 20.3 Å². The maximum Gasteiger partial charge on any atom is 0.424 e. The molecule has 4 aromatic rings. The van der Waals surface area contributed by atoms with E-state index in [1.165, 1.54) is 25.4 Å². The Hall–Kier alpha value is -4.50. The highest BCUT2D eigenvalue weighted by molar-refractivity contribution is 5.99. The number of rotatable bonds is 6. The number of nitrogens with one attached hydrogen (secondary N) is 1. The number of alkyl halides is 6. The van der Waals surface area contributed by atoms with Crippen LogP contribution in [0.3, 0.4) is 0 Å². The summed E-state index contributed by atoms with van der Waals surface area (Å²) in [7, 11) is 1.30. The van der Waals surface area contributed by atoms with Crippen LogP contribution in [0.4, 0.5) is 30.7 Å². The number of carbonyl (C=O) groups is 1. The van der Waals surface area contributed by atoms with E-state index in [4.69, 9.17) is 15.2 Å². The highest BCUT2D eigenvalue weighted by Gasteiger charge is 2.61. The first-order valence-electron chi connectivity index (χ1n) is 12.4. The molecular formula is C28H21F7N4O4. The molecule has 43 heavy (non-hydrogen) atoms. The summed E-state index contributed by atoms with van der Waals surface area (Å²) in [4.78, 5) is 21.0. The molecule has 0 radical (unpaired) electrons. The van der Waals surface area contributed by atoms with E-state index in [0.717, 1.165) is 24.3 Å². The van der Waals surface area contributed by atoms with Crippen LogP contribution in [-0.2, 0) is 11.1 Å². The third kappa shape index (κ3) is 5.07. The predicted octanol–water partition coefficient (Wildman–Crippen LogP) is 4.73. The SMILES string of the molecule is COc1cc(C(=O)NCC(O)(c2cc3c(c(-c4ccc(F)cc4)n2)OCC3(N)C(F)(F)F)C(F)(F)F)cc2cccnc12. The van der Waals surface area contributed by atoms with Gasteiger partial charge in [0, 0.05) is 28.3 Å². The standard InChI is InChI=1S/C28H21F7N4O4/c1-42-19-10-16(9-15-3-2-8-37-21(15)19)24(40)38-12-26(41,28(33,34)35)20-11-18-23(43-13-25(18,36)27(30,31)32)22(39-20)14-4-6-17(29)7-5-14/h2-11,41H,12-13,36H2,1H3,(H,38,40). The van der Waals surface area contributed by atoms with Crippen molar-refractivity contribution in [1.29, 1.82) is 0 Å². The van der Waals surface area contributed by atoms with Crippen molar-refractivity contribution in [3.63, 3.8) is 0 Å². The normalized spacial score (nSPS) is 18.1. The Morgan fingerprint density at radius 2 is 1.81 bits per heavy atom. The smallest absolute Gasteiger partial charge is 0.424 e. The minimum absolute atomic E-state index is 0.114. The molecule has 2 unspecified atom stereocenters. The number of carbonyl (C=O) groups excluding carboxylic acids is 1. The van der Waals surface area contributed by atoms with Gasteiger partial charge >= 0.3 is 12.4 Å². The summed E-state index contributed by atoms with van der Waals surface area (Å²) in [6, 6.07) is 10.00. The van der Waals surface area contributed by atoms with Crippen LogP contribution in [0.5, 0.6) is 11.5 Å². The van der Waals surface area contributed by atoms with Crippen molar-refractivity contribution in [2.45, 2.75) is 23.5 Å². The molecule has 4 N–H and O–H groups in total. The molecule has 0 fully saturated rings. The molecule has 2 aromatic heterocycles. The molecule has 0 aliphatic carbocycles. The van der Waals surface area contributed by atoms with Gasteiger partial charge in [0.1, 0.15) is 29.4 Å². The monoisotopic (exact) mass is 610 g/mol. The molecule has 0 saturated carbocycles. The molecule has 2 atom stereocenters. The number of ether oxygens (including phenoxy) is 2. The molecule has 0 bridgehead atoms. The Bertz CT molecular complexity index is 1710. The van der Waals surface area contributed by atoms with Crippen LogP contribution in [0.25, 0.3) is 22.2 Å². The average molecular weight is 610 g/mol. The van der Waals surface area contributed by atoms with E-state index in [-0.39, 0.29) is 16.9 Å². The Balaban J connectivity index is 1.60. The van der Waals surface area contributed by atoms with E-state index in [2.05, 4.69) is 9.97 Å². The van der Waals surface area contributed by atoms with E-state index in [1.807, 2.05) is 5.32 Å². The number of aliphatic hydroxyl groups is 1. The summed E-state index contributed by atoms with van der Waals surface area (Å²) >= 11 is 0. The first-order valence-corrected chi connectivity index (χ1v) is 12.4. The number of halogens is 7. The van der Waals surface area contributed by atoms with Gasteiger partial charge in [0.25, 0.3) is 5.91 Å². The van der Waals surface area contributed by atoms with Gasteiger partial charge in [-0.1, -0.05) is 6.07 Å². The fraction of sp³-hybridized carbons (Fsp3) is 0.250. The second kappa shape index (κ2) is 10.3. The van der Waals surface area contributed by atoms with Gasteiger partial charge < -0.3 is 25.6 Å². The summed E-state index contributed by atoms with van der Waals surface area (Å²) in [5, 5.41) is 13.5. The van der Waals surface area contributed by atoms with Gasteiger partial charge in [-0.25, -0.2) is 9.37 Å². The van der Waals surface area contributed by atoms with E-state index in [1.54, 1.807) is 12.1 Å². The number of nitrogens with zero attached hydrogens (tertiary/aromatic N) is 2. The molecule has 0 spiro atoms. The minimum Gasteiger partial charge on any atom is -0.494 e. The predicted molar refractivity (Wildman–Crippen MR) is 138 cm³/mol. The van der Waals surface area contributed by atoms with Gasteiger partial charge in [0.15, 0.2) is 11.3 Å². The summed E-state index contributed by atoms with van der Waals surface area (Å²) in [5.74, 6) is -2.25. The molecule has 3 heterocycles. The lowest BCUT2D eigenvalue weighted by Gasteiger charge is -2.32. The number of amides is 1. The van der Waals surface area contributed by atoms with Gasteiger partial charge in [0.05, 0.1) is 19.3 Å². The summed E-state index contributed by atoms with van der Waals surface area (Å²) in [5.41, 5.74) is -4.32. The highest BCUT2D eigenvalue weighted by Crippen LogP contribution is 2.51. The van der Waals surface area contributed by atoms with Crippen molar-refractivity contribution < 1.29 is 50.1 Å². The van der Waals surface area contributed by atoms with Crippen LogP contribution in [-0.4, -0.2) is 53.6 Å². The number of aromatic nitrogens is 2. The largest absolute Gasteiger partial charge is 0.494 e. The maximum absolute atomic E-state index is 14.5. The van der Waals surface area contributed by atoms with Crippen molar-refractivity contribution in [3.8, 4) is 22.8 Å². The number of benzene rings is 2. The summed E-state index contributed by atoms with van der Waals surface area (Å²) in [6.45, 7) is -2.74. The number of pyridine rings is 2. The van der Waals surface area contributed by atoms with Crippen LogP contribution in [0, 0.1) is 5.82 Å². The van der Waals surface area contributed by atoms with Crippen LogP contribution in [0.2, 0.25) is 0 Å². The lowest BCUT2D eigenvalue weighted by atomic mass is 9.87. The summed E-state index contributed by atoms with van der Waals surface area (Å²) in [6.07, 6.45) is -9.29. The molecule has 0 saturated heterocycles. The van der Waals surface area contributed by atoms with Crippen LogP contribution in [0.15, 0.2) is 60.8 Å². The van der Waals surface area contributed by atoms with Gasteiger partial charge in [-0.05, 0) is 48.5 Å². The molecular weight excluding hydrogens is 589 g/mol. The number of hydrogen-bond acceptors (Lipinski definition) is 7. The van der Waals surface area contributed by atoms with Crippen LogP contribution >= 0.6 is 0 Å². The number of fused-ring (bicyclic) bond motifs is 2. The minimum atomic E-state index is -5.57. The Labute approximate surface area is 238 Å². The van der Waals surface area contributed by atoms with Crippen LogP contribution < -0.4 is 20.5 Å². The molecule has 1 aliphatic rings. The Kier molecular flexibility index (Phi) is 7.21. The fourth-order valence-corrected chi connectivity index (χ4v) is 4.62. The quantitative estimate of drug-likeness (QED) is 0.270. The fourth-order valence-electron chi connectivity index (χ4n) is 4.62. The molecule has 1 aliphatic heterocycles. The lowest BCUT2D eigenvalue weighted by Crippen LogP contribution is -2.53. The second-order valence-electron chi connectivity index (χ2n) is 9.79. The number of nitrogens with two attached hydrogens (primary N) is 1. The molecule has 15 heteroatoms. The Morgan fingerprint density at radius 1 is 1.12 bits per heavy atom. The van der Waals surface area contributed by atoms with E-state index in [9.17, 15) is 40.6 Å². The van der Waals surface area contributed by atoms with E-state index in [0.29, 0.717) is 17.0 Å². The number of methoxy groups -OCH3 is 1. The van der Waals surface area contributed by atoms with Crippen molar-refractivity contribution >= 4 is 16.8 Å². The van der Waals surface area contributed by atoms with Crippen LogP contribution in [0.1, 0.15) is 21.6 Å². The first-order chi connectivity index (χ1) is 20.1. The third-order valence-electron chi connectivity index (χ3n) is 7.07. The van der Waals surface area contributed by atoms with Gasteiger partial charge in [-0.2, -0.15) is 26.3 Å². The number of hydrogen-bond donors (Lipinski definition) is 3. The van der Waals surface area contributed by atoms with E-state index >= 15 is 0 Å². The molecule has 1 amide bonds. The first kappa shape index (κ1) is 30.0. The van der Waals surface area contributed by atoms with Gasteiger partial charge in [-0.15, -0.1) is 0 Å². The maximum atomic E-state index is 14.5.